The Morgan fingerprint density at radius 3 is 2.62 bits per heavy atom. The van der Waals surface area contributed by atoms with Crippen molar-refractivity contribution in [2.45, 2.75) is 0 Å². The highest BCUT2D eigenvalue weighted by atomic mass is 35.5. The van der Waals surface area contributed by atoms with Gasteiger partial charge in [0.2, 0.25) is 0 Å². The van der Waals surface area contributed by atoms with Crippen LogP contribution in [0.5, 0.6) is 0 Å². The first kappa shape index (κ1) is 19.6. The van der Waals surface area contributed by atoms with E-state index in [2.05, 4.69) is 9.82 Å². The molecule has 1 aliphatic heterocycles. The van der Waals surface area contributed by atoms with Crippen molar-refractivity contribution < 1.29 is 22.4 Å². The molecule has 0 saturated carbocycles. The maximum Gasteiger partial charge on any atom is 0.304 e. The Bertz CT molecular complexity index is 1120. The van der Waals surface area contributed by atoms with Crippen LogP contribution in [0.1, 0.15) is 10.5 Å². The standard InChI is InChI=1S/C18H17ClN4O5S/c19-13-3-1-4-14(11-13)23-16(17-5-2-8-28-17)12-15(20-23)18(24)21-29(25,26)22-6-9-27-10-7-22/h1-5,8,11-12H,6-7,9-10H2,(H,21,24). The minimum Gasteiger partial charge on any atom is -0.463 e. The average molecular weight is 437 g/mol. The zero-order chi connectivity index (χ0) is 20.4. The van der Waals surface area contributed by atoms with E-state index in [1.165, 1.54) is 17.0 Å². The molecular formula is C18H17ClN4O5S. The molecule has 11 heteroatoms. The third-order valence-corrected chi connectivity index (χ3v) is 6.02. The number of hydrogen-bond acceptors (Lipinski definition) is 6. The summed E-state index contributed by atoms with van der Waals surface area (Å²) in [6.07, 6.45) is 1.49. The SMILES string of the molecule is O=C(NS(=O)(=O)N1CCOCC1)c1cc(-c2ccco2)n(-c2cccc(Cl)c2)n1. The fourth-order valence-corrected chi connectivity index (χ4v) is 4.20. The van der Waals surface area contributed by atoms with Crippen LogP contribution in [0.4, 0.5) is 0 Å². The topological polar surface area (TPSA) is 107 Å². The summed E-state index contributed by atoms with van der Waals surface area (Å²) in [5, 5.41) is 4.78. The highest BCUT2D eigenvalue weighted by Gasteiger charge is 2.28. The zero-order valence-corrected chi connectivity index (χ0v) is 16.7. The van der Waals surface area contributed by atoms with E-state index in [0.29, 0.717) is 22.2 Å². The first-order valence-corrected chi connectivity index (χ1v) is 10.6. The molecule has 0 atom stereocenters. The molecule has 1 aromatic carbocycles. The van der Waals surface area contributed by atoms with Crippen LogP contribution >= 0.6 is 11.6 Å². The number of halogens is 1. The van der Waals surface area contributed by atoms with Crippen LogP contribution < -0.4 is 4.72 Å². The first-order chi connectivity index (χ1) is 13.9. The fourth-order valence-electron chi connectivity index (χ4n) is 2.92. The molecule has 1 N–H and O–H groups in total. The molecule has 1 fully saturated rings. The molecular weight excluding hydrogens is 420 g/mol. The van der Waals surface area contributed by atoms with Crippen molar-refractivity contribution in [2.24, 2.45) is 0 Å². The van der Waals surface area contributed by atoms with E-state index in [-0.39, 0.29) is 32.0 Å². The van der Waals surface area contributed by atoms with Gasteiger partial charge in [0.1, 0.15) is 5.69 Å². The van der Waals surface area contributed by atoms with Gasteiger partial charge in [-0.2, -0.15) is 17.8 Å². The number of nitrogens with one attached hydrogen (secondary N) is 1. The van der Waals surface area contributed by atoms with Gasteiger partial charge in [0.25, 0.3) is 5.91 Å². The normalized spacial score (nSPS) is 15.3. The molecule has 1 amide bonds. The van der Waals surface area contributed by atoms with Gasteiger partial charge in [-0.15, -0.1) is 0 Å². The van der Waals surface area contributed by atoms with Gasteiger partial charge in [-0.1, -0.05) is 17.7 Å². The van der Waals surface area contributed by atoms with E-state index in [9.17, 15) is 13.2 Å². The fraction of sp³-hybridized carbons (Fsp3) is 0.222. The predicted molar refractivity (Wildman–Crippen MR) is 105 cm³/mol. The Balaban J connectivity index is 1.67. The number of aromatic nitrogens is 2. The number of carbonyl (C=O) groups is 1. The molecule has 2 aromatic heterocycles. The second kappa shape index (κ2) is 7.99. The highest BCUT2D eigenvalue weighted by molar-refractivity contribution is 7.87. The average Bonchev–Trinajstić information content (AvgIpc) is 3.38. The minimum atomic E-state index is -4.00. The Morgan fingerprint density at radius 1 is 1.14 bits per heavy atom. The van der Waals surface area contributed by atoms with Crippen LogP contribution in [0.2, 0.25) is 5.02 Å². The van der Waals surface area contributed by atoms with Crippen molar-refractivity contribution in [1.82, 2.24) is 18.8 Å². The van der Waals surface area contributed by atoms with Gasteiger partial charge in [-0.3, -0.25) is 4.79 Å². The molecule has 3 aromatic rings. The van der Waals surface area contributed by atoms with E-state index < -0.39 is 16.1 Å². The predicted octanol–water partition coefficient (Wildman–Crippen LogP) is 2.09. The van der Waals surface area contributed by atoms with Crippen molar-refractivity contribution in [2.75, 3.05) is 26.3 Å². The number of furan rings is 1. The van der Waals surface area contributed by atoms with Crippen LogP contribution in [0.25, 0.3) is 17.1 Å². The summed E-state index contributed by atoms with van der Waals surface area (Å²) in [4.78, 5) is 12.7. The summed E-state index contributed by atoms with van der Waals surface area (Å²) >= 11 is 6.08. The maximum absolute atomic E-state index is 12.7. The van der Waals surface area contributed by atoms with Crippen molar-refractivity contribution in [3.05, 3.63) is 59.4 Å². The zero-order valence-electron chi connectivity index (χ0n) is 15.1. The van der Waals surface area contributed by atoms with Gasteiger partial charge < -0.3 is 9.15 Å². The third-order valence-electron chi connectivity index (χ3n) is 4.30. The van der Waals surface area contributed by atoms with Crippen molar-refractivity contribution in [3.63, 3.8) is 0 Å². The second-order valence-electron chi connectivity index (χ2n) is 6.23. The summed E-state index contributed by atoms with van der Waals surface area (Å²) in [5.74, 6) is -0.377. The number of hydrogen-bond donors (Lipinski definition) is 1. The molecule has 0 bridgehead atoms. The molecule has 9 nitrogen and oxygen atoms in total. The number of carbonyl (C=O) groups excluding carboxylic acids is 1. The molecule has 0 unspecified atom stereocenters. The van der Waals surface area contributed by atoms with Gasteiger partial charge in [0, 0.05) is 24.2 Å². The van der Waals surface area contributed by atoms with Crippen molar-refractivity contribution in [3.8, 4) is 17.1 Å². The second-order valence-corrected chi connectivity index (χ2v) is 8.34. The van der Waals surface area contributed by atoms with Crippen molar-refractivity contribution >= 4 is 27.7 Å². The van der Waals surface area contributed by atoms with Crippen LogP contribution in [-0.4, -0.2) is 54.7 Å². The number of ether oxygens (including phenoxy) is 1. The molecule has 4 rings (SSSR count). The van der Waals surface area contributed by atoms with Crippen LogP contribution in [0.15, 0.2) is 53.1 Å². The highest BCUT2D eigenvalue weighted by Crippen LogP contribution is 2.26. The van der Waals surface area contributed by atoms with Gasteiger partial charge in [-0.05, 0) is 30.3 Å². The lowest BCUT2D eigenvalue weighted by Gasteiger charge is -2.25. The maximum atomic E-state index is 12.7. The summed E-state index contributed by atoms with van der Waals surface area (Å²) in [5.41, 5.74) is 0.999. The molecule has 1 saturated heterocycles. The summed E-state index contributed by atoms with van der Waals surface area (Å²) < 4.78 is 40.2. The Kier molecular flexibility index (Phi) is 5.41. The molecule has 29 heavy (non-hydrogen) atoms. The molecule has 0 spiro atoms. The van der Waals surface area contributed by atoms with Gasteiger partial charge in [-0.25, -0.2) is 9.40 Å². The number of morpholine rings is 1. The van der Waals surface area contributed by atoms with Crippen molar-refractivity contribution in [1.29, 1.82) is 0 Å². The first-order valence-electron chi connectivity index (χ1n) is 8.74. The number of amides is 1. The van der Waals surface area contributed by atoms with Gasteiger partial charge in [0.05, 0.1) is 25.2 Å². The van der Waals surface area contributed by atoms with Crippen LogP contribution in [0.3, 0.4) is 0 Å². The van der Waals surface area contributed by atoms with E-state index in [0.717, 1.165) is 4.31 Å². The van der Waals surface area contributed by atoms with E-state index >= 15 is 0 Å². The lowest BCUT2D eigenvalue weighted by molar-refractivity contribution is 0.0718. The monoisotopic (exact) mass is 436 g/mol. The number of nitrogens with zero attached hydrogens (tertiary/aromatic N) is 3. The summed E-state index contributed by atoms with van der Waals surface area (Å²) in [6, 6.07) is 11.8. The summed E-state index contributed by atoms with van der Waals surface area (Å²) in [6.45, 7) is 0.913. The van der Waals surface area contributed by atoms with Crippen LogP contribution in [0, 0.1) is 0 Å². The Labute approximate surface area is 172 Å². The number of benzene rings is 1. The van der Waals surface area contributed by atoms with E-state index in [1.54, 1.807) is 36.4 Å². The lowest BCUT2D eigenvalue weighted by Crippen LogP contribution is -2.48. The third kappa shape index (κ3) is 4.20. The smallest absolute Gasteiger partial charge is 0.304 e. The quantitative estimate of drug-likeness (QED) is 0.656. The molecule has 3 heterocycles. The number of rotatable bonds is 5. The largest absolute Gasteiger partial charge is 0.463 e. The Morgan fingerprint density at radius 2 is 1.93 bits per heavy atom. The lowest BCUT2D eigenvalue weighted by atomic mass is 10.2. The van der Waals surface area contributed by atoms with Gasteiger partial charge >= 0.3 is 10.2 Å². The van der Waals surface area contributed by atoms with Crippen LogP contribution in [-0.2, 0) is 14.9 Å². The van der Waals surface area contributed by atoms with E-state index in [1.807, 2.05) is 0 Å². The van der Waals surface area contributed by atoms with Gasteiger partial charge in [0.15, 0.2) is 11.5 Å². The van der Waals surface area contributed by atoms with E-state index in [4.69, 9.17) is 20.8 Å². The molecule has 0 radical (unpaired) electrons. The Hall–Kier alpha value is -2.66. The molecule has 1 aliphatic rings. The summed E-state index contributed by atoms with van der Waals surface area (Å²) in [7, 11) is -4.00. The minimum absolute atomic E-state index is 0.0757. The molecule has 152 valence electrons. The molecule has 0 aliphatic carbocycles.